The molecule has 2 unspecified atom stereocenters. The van der Waals surface area contributed by atoms with Crippen molar-refractivity contribution in [1.29, 1.82) is 0 Å². The van der Waals surface area contributed by atoms with E-state index in [1.807, 2.05) is 14.1 Å². The van der Waals surface area contributed by atoms with Crippen LogP contribution in [-0.4, -0.2) is 91.5 Å². The van der Waals surface area contributed by atoms with Crippen LogP contribution in [0, 0.1) is 0 Å². The molecule has 0 aromatic heterocycles. The SMILES string of the molecule is CCCCCCCC/C=C\CCCCCCCC(=O)NCC[N+](C)(C)CC(CO)OCC(O)CO. The van der Waals surface area contributed by atoms with E-state index in [2.05, 4.69) is 24.4 Å². The summed E-state index contributed by atoms with van der Waals surface area (Å²) in [5.74, 6) is 0.101. The lowest BCUT2D eigenvalue weighted by molar-refractivity contribution is -0.892. The molecule has 35 heavy (non-hydrogen) atoms. The van der Waals surface area contributed by atoms with E-state index in [0.29, 0.717) is 24.0 Å². The van der Waals surface area contributed by atoms with Gasteiger partial charge in [-0.1, -0.05) is 70.4 Å². The maximum atomic E-state index is 12.1. The molecule has 0 aromatic carbocycles. The lowest BCUT2D eigenvalue weighted by Crippen LogP contribution is -2.51. The van der Waals surface area contributed by atoms with Gasteiger partial charge in [-0.05, 0) is 32.1 Å². The second kappa shape index (κ2) is 23.4. The summed E-state index contributed by atoms with van der Waals surface area (Å²) in [6.45, 7) is 3.60. The van der Waals surface area contributed by atoms with Crippen LogP contribution in [0.5, 0.6) is 0 Å². The molecule has 0 heterocycles. The quantitative estimate of drug-likeness (QED) is 0.0863. The van der Waals surface area contributed by atoms with Crippen LogP contribution in [0.2, 0.25) is 0 Å². The van der Waals surface area contributed by atoms with Crippen molar-refractivity contribution in [2.75, 3.05) is 53.6 Å². The van der Waals surface area contributed by atoms with Gasteiger partial charge in [0, 0.05) is 6.42 Å². The first-order chi connectivity index (χ1) is 16.8. The number of ether oxygens (including phenoxy) is 1. The van der Waals surface area contributed by atoms with Crippen LogP contribution in [0.4, 0.5) is 0 Å². The van der Waals surface area contributed by atoms with E-state index in [9.17, 15) is 15.0 Å². The van der Waals surface area contributed by atoms with Gasteiger partial charge in [-0.2, -0.15) is 0 Å². The number of allylic oxidation sites excluding steroid dienone is 2. The van der Waals surface area contributed by atoms with E-state index < -0.39 is 12.2 Å². The Hall–Kier alpha value is -0.990. The summed E-state index contributed by atoms with van der Waals surface area (Å²) in [5.41, 5.74) is 0. The van der Waals surface area contributed by atoms with Crippen molar-refractivity contribution in [3.05, 3.63) is 12.2 Å². The molecule has 0 aliphatic rings. The van der Waals surface area contributed by atoms with Crippen LogP contribution in [0.25, 0.3) is 0 Å². The highest BCUT2D eigenvalue weighted by Crippen LogP contribution is 2.10. The molecule has 0 rings (SSSR count). The number of aliphatic hydroxyl groups is 3. The molecule has 0 radical (unpaired) electrons. The smallest absolute Gasteiger partial charge is 0.220 e. The summed E-state index contributed by atoms with van der Waals surface area (Å²) in [7, 11) is 4.04. The number of nitrogens with zero attached hydrogens (tertiary/aromatic N) is 1. The molecule has 1 amide bonds. The molecular formula is C28H57N2O5+. The average Bonchev–Trinajstić information content (AvgIpc) is 2.83. The van der Waals surface area contributed by atoms with Gasteiger partial charge < -0.3 is 29.9 Å². The second-order valence-corrected chi connectivity index (χ2v) is 10.5. The van der Waals surface area contributed by atoms with Gasteiger partial charge in [0.25, 0.3) is 0 Å². The molecule has 2 atom stereocenters. The first-order valence-electron chi connectivity index (χ1n) is 14.1. The number of quaternary nitrogens is 1. The third-order valence-corrected chi connectivity index (χ3v) is 6.34. The van der Waals surface area contributed by atoms with Crippen molar-refractivity contribution in [3.63, 3.8) is 0 Å². The fourth-order valence-corrected chi connectivity index (χ4v) is 4.05. The molecule has 0 aliphatic carbocycles. The van der Waals surface area contributed by atoms with E-state index in [4.69, 9.17) is 9.84 Å². The van der Waals surface area contributed by atoms with Gasteiger partial charge in [0.15, 0.2) is 0 Å². The highest BCUT2D eigenvalue weighted by atomic mass is 16.5. The summed E-state index contributed by atoms with van der Waals surface area (Å²) in [4.78, 5) is 12.1. The maximum absolute atomic E-state index is 12.1. The number of aliphatic hydroxyl groups excluding tert-OH is 3. The topological polar surface area (TPSA) is 99.0 Å². The maximum Gasteiger partial charge on any atom is 0.220 e. The summed E-state index contributed by atoms with van der Waals surface area (Å²) in [6.07, 6.45) is 20.2. The molecule has 0 saturated heterocycles. The zero-order valence-electron chi connectivity index (χ0n) is 23.1. The summed E-state index contributed by atoms with van der Waals surface area (Å²) < 4.78 is 6.06. The Bertz CT molecular complexity index is 514. The third-order valence-electron chi connectivity index (χ3n) is 6.34. The number of likely N-dealkylation sites (N-methyl/N-ethyl adjacent to an activating group) is 1. The predicted octanol–water partition coefficient (Wildman–Crippen LogP) is 3.95. The predicted molar refractivity (Wildman–Crippen MR) is 144 cm³/mol. The van der Waals surface area contributed by atoms with Gasteiger partial charge in [0.2, 0.25) is 5.91 Å². The Balaban J connectivity index is 3.66. The van der Waals surface area contributed by atoms with Crippen molar-refractivity contribution in [3.8, 4) is 0 Å². The molecule has 0 bridgehead atoms. The molecule has 7 nitrogen and oxygen atoms in total. The van der Waals surface area contributed by atoms with Crippen LogP contribution >= 0.6 is 0 Å². The van der Waals surface area contributed by atoms with Crippen molar-refractivity contribution in [2.45, 2.75) is 109 Å². The zero-order chi connectivity index (χ0) is 26.2. The van der Waals surface area contributed by atoms with E-state index in [1.54, 1.807) is 0 Å². The lowest BCUT2D eigenvalue weighted by atomic mass is 10.1. The van der Waals surface area contributed by atoms with Gasteiger partial charge in [0.05, 0.1) is 47.0 Å². The fraction of sp³-hybridized carbons (Fsp3) is 0.893. The molecule has 0 aromatic rings. The number of carbonyl (C=O) groups excluding carboxylic acids is 1. The minimum atomic E-state index is -0.935. The van der Waals surface area contributed by atoms with Gasteiger partial charge in [-0.15, -0.1) is 0 Å². The number of hydrogen-bond donors (Lipinski definition) is 4. The highest BCUT2D eigenvalue weighted by Gasteiger charge is 2.23. The average molecular weight is 502 g/mol. The molecule has 208 valence electrons. The minimum absolute atomic E-state index is 0.00554. The Morgan fingerprint density at radius 2 is 1.46 bits per heavy atom. The van der Waals surface area contributed by atoms with Crippen molar-refractivity contribution in [2.24, 2.45) is 0 Å². The molecule has 0 spiro atoms. The molecule has 0 aliphatic heterocycles. The van der Waals surface area contributed by atoms with E-state index >= 15 is 0 Å². The number of rotatable bonds is 25. The largest absolute Gasteiger partial charge is 0.394 e. The molecule has 0 saturated carbocycles. The van der Waals surface area contributed by atoms with Crippen LogP contribution in [0.1, 0.15) is 96.8 Å². The highest BCUT2D eigenvalue weighted by molar-refractivity contribution is 5.75. The van der Waals surface area contributed by atoms with Crippen LogP contribution in [0.15, 0.2) is 12.2 Å². The first-order valence-corrected chi connectivity index (χ1v) is 14.1. The lowest BCUT2D eigenvalue weighted by Gasteiger charge is -2.33. The van der Waals surface area contributed by atoms with Crippen LogP contribution in [-0.2, 0) is 9.53 Å². The number of carbonyl (C=O) groups is 1. The summed E-state index contributed by atoms with van der Waals surface area (Å²) in [5, 5.41) is 30.8. The molecule has 0 fully saturated rings. The first kappa shape index (κ1) is 34.0. The van der Waals surface area contributed by atoms with Crippen molar-refractivity contribution < 1.29 is 29.3 Å². The Labute approximate surface area is 215 Å². The standard InChI is InChI=1S/C28H56N2O5/c1-4-5-6-7-8-9-10-11-12-13-14-15-16-17-18-19-28(34)29-20-21-30(2,3)22-27(24-32)35-25-26(33)23-31/h11-12,26-27,31-33H,4-10,13-25H2,1-3H3/p+1/b12-11-. The molecule has 4 N–H and O–H groups in total. The number of hydrogen-bond acceptors (Lipinski definition) is 5. The number of nitrogens with one attached hydrogen (secondary N) is 1. The Morgan fingerprint density at radius 1 is 0.886 bits per heavy atom. The van der Waals surface area contributed by atoms with Gasteiger partial charge in [-0.3, -0.25) is 4.79 Å². The molecule has 7 heteroatoms. The normalized spacial score (nSPS) is 13.9. The Morgan fingerprint density at radius 3 is 2.03 bits per heavy atom. The van der Waals surface area contributed by atoms with Crippen molar-refractivity contribution >= 4 is 5.91 Å². The molecular weight excluding hydrogens is 444 g/mol. The monoisotopic (exact) mass is 501 g/mol. The van der Waals surface area contributed by atoms with Crippen LogP contribution in [0.3, 0.4) is 0 Å². The minimum Gasteiger partial charge on any atom is -0.394 e. The Kier molecular flexibility index (Phi) is 22.7. The van der Waals surface area contributed by atoms with E-state index in [-0.39, 0.29) is 25.7 Å². The summed E-state index contributed by atoms with van der Waals surface area (Å²) in [6, 6.07) is 0. The second-order valence-electron chi connectivity index (χ2n) is 10.5. The van der Waals surface area contributed by atoms with Crippen LogP contribution < -0.4 is 5.32 Å². The fourth-order valence-electron chi connectivity index (χ4n) is 4.05. The number of amides is 1. The third kappa shape index (κ3) is 23.2. The zero-order valence-corrected chi connectivity index (χ0v) is 23.1. The van der Waals surface area contributed by atoms with Gasteiger partial charge in [0.1, 0.15) is 18.8 Å². The van der Waals surface area contributed by atoms with Crippen molar-refractivity contribution in [1.82, 2.24) is 5.32 Å². The van der Waals surface area contributed by atoms with Gasteiger partial charge in [-0.25, -0.2) is 0 Å². The van der Waals surface area contributed by atoms with E-state index in [1.165, 1.54) is 70.6 Å². The number of unbranched alkanes of at least 4 members (excludes halogenated alkanes) is 11. The summed E-state index contributed by atoms with van der Waals surface area (Å²) >= 11 is 0. The van der Waals surface area contributed by atoms with E-state index in [0.717, 1.165) is 19.4 Å². The van der Waals surface area contributed by atoms with Gasteiger partial charge >= 0.3 is 0 Å².